The summed E-state index contributed by atoms with van der Waals surface area (Å²) in [6.07, 6.45) is 2.33. The first-order chi connectivity index (χ1) is 8.99. The fraction of sp³-hybridized carbons (Fsp3) is 0.462. The highest BCUT2D eigenvalue weighted by Crippen LogP contribution is 2.47. The van der Waals surface area contributed by atoms with Crippen molar-refractivity contribution in [1.82, 2.24) is 5.32 Å². The van der Waals surface area contributed by atoms with Crippen LogP contribution >= 0.6 is 0 Å². The van der Waals surface area contributed by atoms with Crippen LogP contribution in [0.2, 0.25) is 0 Å². The molecule has 0 heterocycles. The third-order valence-corrected chi connectivity index (χ3v) is 3.50. The van der Waals surface area contributed by atoms with Crippen molar-refractivity contribution in [2.24, 2.45) is 5.41 Å². The number of aliphatic hydroxyl groups excluding tert-OH is 1. The average molecular weight is 273 g/mol. The Morgan fingerprint density at radius 2 is 1.95 bits per heavy atom. The summed E-state index contributed by atoms with van der Waals surface area (Å²) in [5.74, 6) is -5.23. The van der Waals surface area contributed by atoms with Gasteiger partial charge in [0.15, 0.2) is 17.5 Å². The highest BCUT2D eigenvalue weighted by atomic mass is 19.2. The minimum Gasteiger partial charge on any atom is -0.396 e. The molecule has 0 bridgehead atoms. The molecule has 1 aliphatic rings. The van der Waals surface area contributed by atoms with Crippen LogP contribution in [0, 0.1) is 22.9 Å². The van der Waals surface area contributed by atoms with Crippen LogP contribution in [-0.4, -0.2) is 24.2 Å². The summed E-state index contributed by atoms with van der Waals surface area (Å²) in [6, 6.07) is 1.63. The molecule has 2 rings (SSSR count). The van der Waals surface area contributed by atoms with Gasteiger partial charge in [-0.1, -0.05) is 0 Å². The molecule has 3 nitrogen and oxygen atoms in total. The number of aliphatic hydroxyl groups is 1. The van der Waals surface area contributed by atoms with Crippen LogP contribution in [0.3, 0.4) is 0 Å². The normalized spacial score (nSPS) is 16.2. The van der Waals surface area contributed by atoms with Crippen LogP contribution in [0.1, 0.15) is 29.6 Å². The summed E-state index contributed by atoms with van der Waals surface area (Å²) in [7, 11) is 0. The molecule has 1 aromatic carbocycles. The molecule has 0 saturated heterocycles. The molecule has 0 aromatic heterocycles. The van der Waals surface area contributed by atoms with Crippen molar-refractivity contribution in [3.8, 4) is 0 Å². The molecular formula is C13H14F3NO2. The zero-order valence-corrected chi connectivity index (χ0v) is 10.2. The molecule has 0 atom stereocenters. The summed E-state index contributed by atoms with van der Waals surface area (Å²) in [6.45, 7) is 0.320. The Hall–Kier alpha value is -1.56. The van der Waals surface area contributed by atoms with Gasteiger partial charge in [0.25, 0.3) is 5.91 Å². The van der Waals surface area contributed by atoms with E-state index in [0.717, 1.165) is 18.9 Å². The van der Waals surface area contributed by atoms with E-state index in [4.69, 9.17) is 5.11 Å². The standard InChI is InChI=1S/C13H14F3NO2/c14-9-2-1-8(10(15)11(9)16)12(19)17-7-13(3-4-13)5-6-18/h1-2,18H,3-7H2,(H,17,19). The van der Waals surface area contributed by atoms with Gasteiger partial charge >= 0.3 is 0 Å². The molecule has 1 aliphatic carbocycles. The maximum atomic E-state index is 13.4. The van der Waals surface area contributed by atoms with Gasteiger partial charge in [-0.3, -0.25) is 4.79 Å². The van der Waals surface area contributed by atoms with Crippen LogP contribution in [-0.2, 0) is 0 Å². The maximum absolute atomic E-state index is 13.4. The molecule has 0 unspecified atom stereocenters. The molecule has 1 saturated carbocycles. The molecule has 2 N–H and O–H groups in total. The van der Waals surface area contributed by atoms with Gasteiger partial charge < -0.3 is 10.4 Å². The highest BCUT2D eigenvalue weighted by Gasteiger charge is 2.42. The lowest BCUT2D eigenvalue weighted by Gasteiger charge is -2.14. The predicted octanol–water partition coefficient (Wildman–Crippen LogP) is 2.00. The van der Waals surface area contributed by atoms with E-state index in [1.54, 1.807) is 0 Å². The molecule has 1 fully saturated rings. The lowest BCUT2D eigenvalue weighted by atomic mass is 10.0. The summed E-state index contributed by atoms with van der Waals surface area (Å²) in [4.78, 5) is 11.7. The second-order valence-corrected chi connectivity index (χ2v) is 4.88. The van der Waals surface area contributed by atoms with E-state index in [1.165, 1.54) is 0 Å². The Bertz CT molecular complexity index is 501. The smallest absolute Gasteiger partial charge is 0.254 e. The summed E-state index contributed by atoms with van der Waals surface area (Å²) in [5.41, 5.74) is -0.641. The van der Waals surface area contributed by atoms with Gasteiger partial charge in [-0.15, -0.1) is 0 Å². The number of carbonyl (C=O) groups excluding carboxylic acids is 1. The predicted molar refractivity (Wildman–Crippen MR) is 62.0 cm³/mol. The van der Waals surface area contributed by atoms with Crippen molar-refractivity contribution in [2.45, 2.75) is 19.3 Å². The van der Waals surface area contributed by atoms with Gasteiger partial charge in [0.05, 0.1) is 5.56 Å². The van der Waals surface area contributed by atoms with Crippen molar-refractivity contribution in [2.75, 3.05) is 13.2 Å². The lowest BCUT2D eigenvalue weighted by molar-refractivity contribution is 0.0935. The Kier molecular flexibility index (Phi) is 3.80. The van der Waals surface area contributed by atoms with E-state index in [-0.39, 0.29) is 12.0 Å². The molecule has 1 amide bonds. The van der Waals surface area contributed by atoms with Gasteiger partial charge in [-0.05, 0) is 36.8 Å². The molecule has 0 radical (unpaired) electrons. The second kappa shape index (κ2) is 5.21. The summed E-state index contributed by atoms with van der Waals surface area (Å²) < 4.78 is 39.1. The molecule has 0 aliphatic heterocycles. The topological polar surface area (TPSA) is 49.3 Å². The molecule has 104 valence electrons. The number of carbonyl (C=O) groups is 1. The van der Waals surface area contributed by atoms with Crippen LogP contribution in [0.15, 0.2) is 12.1 Å². The largest absolute Gasteiger partial charge is 0.396 e. The van der Waals surface area contributed by atoms with Crippen molar-refractivity contribution in [3.63, 3.8) is 0 Å². The van der Waals surface area contributed by atoms with Crippen LogP contribution in [0.4, 0.5) is 13.2 Å². The number of hydrogen-bond acceptors (Lipinski definition) is 2. The zero-order valence-electron chi connectivity index (χ0n) is 10.2. The van der Waals surface area contributed by atoms with E-state index >= 15 is 0 Å². The molecular weight excluding hydrogens is 259 g/mol. The van der Waals surface area contributed by atoms with E-state index in [1.807, 2.05) is 0 Å². The number of amides is 1. The third kappa shape index (κ3) is 2.89. The van der Waals surface area contributed by atoms with Crippen molar-refractivity contribution in [3.05, 3.63) is 35.1 Å². The van der Waals surface area contributed by atoms with Crippen molar-refractivity contribution >= 4 is 5.91 Å². The van der Waals surface area contributed by atoms with Crippen molar-refractivity contribution < 1.29 is 23.1 Å². The lowest BCUT2D eigenvalue weighted by Crippen LogP contribution is -2.31. The maximum Gasteiger partial charge on any atom is 0.254 e. The van der Waals surface area contributed by atoms with Crippen LogP contribution in [0.25, 0.3) is 0 Å². The number of rotatable bonds is 5. The first kappa shape index (κ1) is 13.9. The number of benzene rings is 1. The Balaban J connectivity index is 2.03. The number of hydrogen-bond donors (Lipinski definition) is 2. The Morgan fingerprint density at radius 3 is 2.53 bits per heavy atom. The van der Waals surface area contributed by atoms with Gasteiger partial charge in [-0.2, -0.15) is 0 Å². The van der Waals surface area contributed by atoms with Gasteiger partial charge in [0, 0.05) is 13.2 Å². The van der Waals surface area contributed by atoms with Gasteiger partial charge in [-0.25, -0.2) is 13.2 Å². The molecule has 19 heavy (non-hydrogen) atoms. The van der Waals surface area contributed by atoms with E-state index < -0.39 is 28.9 Å². The van der Waals surface area contributed by atoms with Crippen molar-refractivity contribution in [1.29, 1.82) is 0 Å². The van der Waals surface area contributed by atoms with Crippen LogP contribution in [0.5, 0.6) is 0 Å². The fourth-order valence-electron chi connectivity index (χ4n) is 1.99. The van der Waals surface area contributed by atoms with Gasteiger partial charge in [0.1, 0.15) is 0 Å². The monoisotopic (exact) mass is 273 g/mol. The molecule has 1 aromatic rings. The summed E-state index contributed by atoms with van der Waals surface area (Å²) in [5, 5.41) is 11.4. The summed E-state index contributed by atoms with van der Waals surface area (Å²) >= 11 is 0. The SMILES string of the molecule is O=C(NCC1(CCO)CC1)c1ccc(F)c(F)c1F. The first-order valence-electron chi connectivity index (χ1n) is 6.02. The molecule has 0 spiro atoms. The number of halogens is 3. The Labute approximate surface area is 108 Å². The minimum absolute atomic E-state index is 0.0232. The molecule has 6 heteroatoms. The quantitative estimate of drug-likeness (QED) is 0.806. The number of nitrogens with one attached hydrogen (secondary N) is 1. The minimum atomic E-state index is -1.65. The van der Waals surface area contributed by atoms with E-state index in [2.05, 4.69) is 5.32 Å². The van der Waals surface area contributed by atoms with Crippen LogP contribution < -0.4 is 5.32 Å². The Morgan fingerprint density at radius 1 is 1.26 bits per heavy atom. The van der Waals surface area contributed by atoms with Gasteiger partial charge in [0.2, 0.25) is 0 Å². The average Bonchev–Trinajstić information content (AvgIpc) is 3.14. The second-order valence-electron chi connectivity index (χ2n) is 4.88. The first-order valence-corrected chi connectivity index (χ1v) is 6.02. The highest BCUT2D eigenvalue weighted by molar-refractivity contribution is 5.94. The zero-order chi connectivity index (χ0) is 14.0. The fourth-order valence-corrected chi connectivity index (χ4v) is 1.99. The van der Waals surface area contributed by atoms with E-state index in [9.17, 15) is 18.0 Å². The van der Waals surface area contributed by atoms with E-state index in [0.29, 0.717) is 19.0 Å². The third-order valence-electron chi connectivity index (χ3n) is 3.50.